The Morgan fingerprint density at radius 2 is 0.519 bits per heavy atom. The summed E-state index contributed by atoms with van der Waals surface area (Å²) in [5.74, 6) is -0.402. The van der Waals surface area contributed by atoms with E-state index >= 15 is 19.2 Å². The molecule has 81 heavy (non-hydrogen) atoms. The Bertz CT molecular complexity index is 3490. The van der Waals surface area contributed by atoms with Crippen LogP contribution < -0.4 is 16.0 Å². The van der Waals surface area contributed by atoms with E-state index in [2.05, 4.69) is 156 Å². The highest BCUT2D eigenvalue weighted by Gasteiger charge is 2.34. The monoisotopic (exact) mass is 1080 g/mol. The zero-order chi connectivity index (χ0) is 56.9. The maximum Gasteiger partial charge on any atom is 0.258 e. The van der Waals surface area contributed by atoms with Gasteiger partial charge in [-0.15, -0.1) is 0 Å². The Kier molecular flexibility index (Phi) is 17.9. The van der Waals surface area contributed by atoms with Crippen LogP contribution in [0.1, 0.15) is 200 Å². The Balaban J connectivity index is 1.15. The number of carbonyl (C=O) groups is 4. The fourth-order valence-corrected chi connectivity index (χ4v) is 15.1. The van der Waals surface area contributed by atoms with Crippen molar-refractivity contribution in [3.05, 3.63) is 144 Å². The first-order valence-corrected chi connectivity index (χ1v) is 31.3. The molecule has 0 aromatic heterocycles. The van der Waals surface area contributed by atoms with Gasteiger partial charge in [-0.05, 0) is 175 Å². The predicted molar refractivity (Wildman–Crippen MR) is 343 cm³/mol. The summed E-state index contributed by atoms with van der Waals surface area (Å²) in [7, 11) is 0. The van der Waals surface area contributed by atoms with E-state index in [0.717, 1.165) is 178 Å². The molecule has 0 aliphatic carbocycles. The van der Waals surface area contributed by atoms with Gasteiger partial charge in [-0.25, -0.2) is 0 Å². The molecule has 7 heteroatoms. The molecule has 4 amide bonds. The van der Waals surface area contributed by atoms with E-state index in [9.17, 15) is 0 Å². The number of amides is 4. The third-order valence-electron chi connectivity index (χ3n) is 18.4. The highest BCUT2D eigenvalue weighted by atomic mass is 16.2. The smallest absolute Gasteiger partial charge is 0.258 e. The maximum atomic E-state index is 15.6. The van der Waals surface area contributed by atoms with E-state index in [-0.39, 0.29) is 35.0 Å². The molecule has 0 bridgehead atoms. The van der Waals surface area contributed by atoms with Crippen molar-refractivity contribution in [2.24, 2.45) is 23.7 Å². The first-order valence-electron chi connectivity index (χ1n) is 31.3. The van der Waals surface area contributed by atoms with Gasteiger partial charge in [-0.1, -0.05) is 204 Å². The lowest BCUT2D eigenvalue weighted by Crippen LogP contribution is -2.45. The minimum atomic E-state index is -0.610. The van der Waals surface area contributed by atoms with Crippen molar-refractivity contribution in [3.8, 4) is 0 Å². The van der Waals surface area contributed by atoms with Gasteiger partial charge in [0.1, 0.15) is 0 Å². The van der Waals surface area contributed by atoms with Crippen molar-refractivity contribution in [3.63, 3.8) is 0 Å². The SMILES string of the molecule is CCCC(CCC)C(NC(=O)c1ccc2c3cccc4cccc(c5ccc(C(=O)NC(=O)c6ccc7c8cccc9cccc(c%10ccc(C(=O)NC(C(CCC)CCC)C(CCC)CCC)c6c7%10)c98)c1c52)c43)C(CCC)CCC. The van der Waals surface area contributed by atoms with Crippen LogP contribution in [0.15, 0.2) is 121 Å². The minimum Gasteiger partial charge on any atom is -0.349 e. The van der Waals surface area contributed by atoms with Gasteiger partial charge in [-0.2, -0.15) is 0 Å². The predicted octanol–water partition coefficient (Wildman–Crippen LogP) is 19.4. The molecule has 0 aliphatic rings. The molecule has 0 heterocycles. The number of benzene rings is 10. The molecule has 3 N–H and O–H groups in total. The van der Waals surface area contributed by atoms with Crippen molar-refractivity contribution < 1.29 is 19.2 Å². The van der Waals surface area contributed by atoms with Crippen LogP contribution in [0.25, 0.3) is 86.2 Å². The average Bonchev–Trinajstić information content (AvgIpc) is 3.66. The Morgan fingerprint density at radius 3 is 0.765 bits per heavy atom. The van der Waals surface area contributed by atoms with Gasteiger partial charge in [0.05, 0.1) is 0 Å². The number of imide groups is 1. The fraction of sp³-hybridized carbons (Fsp3) is 0.405. The van der Waals surface area contributed by atoms with Crippen LogP contribution in [0.3, 0.4) is 0 Å². The van der Waals surface area contributed by atoms with Crippen molar-refractivity contribution in [1.29, 1.82) is 0 Å². The van der Waals surface area contributed by atoms with E-state index in [0.29, 0.717) is 45.6 Å². The van der Waals surface area contributed by atoms with Crippen LogP contribution >= 0.6 is 0 Å². The lowest BCUT2D eigenvalue weighted by Gasteiger charge is -2.35. The zero-order valence-corrected chi connectivity index (χ0v) is 49.5. The molecule has 0 unspecified atom stereocenters. The maximum absolute atomic E-state index is 15.6. The summed E-state index contributed by atoms with van der Waals surface area (Å²) in [6.07, 6.45) is 16.3. The second kappa shape index (κ2) is 25.3. The first kappa shape index (κ1) is 57.1. The molecule has 0 fully saturated rings. The van der Waals surface area contributed by atoms with E-state index in [4.69, 9.17) is 0 Å². The average molecular weight is 1080 g/mol. The third kappa shape index (κ3) is 10.7. The van der Waals surface area contributed by atoms with Crippen molar-refractivity contribution in [2.75, 3.05) is 0 Å². The summed E-state index contributed by atoms with van der Waals surface area (Å²) >= 11 is 0. The topological polar surface area (TPSA) is 104 Å². The second-order valence-corrected chi connectivity index (χ2v) is 23.7. The van der Waals surface area contributed by atoms with Crippen LogP contribution in [-0.2, 0) is 0 Å². The summed E-state index contributed by atoms with van der Waals surface area (Å²) < 4.78 is 0. The molecule has 0 saturated carbocycles. The molecule has 0 spiro atoms. The highest BCUT2D eigenvalue weighted by Crippen LogP contribution is 2.45. The Morgan fingerprint density at radius 1 is 0.284 bits per heavy atom. The summed E-state index contributed by atoms with van der Waals surface area (Å²) in [4.78, 5) is 62.3. The van der Waals surface area contributed by atoms with Crippen LogP contribution in [0.4, 0.5) is 0 Å². The summed E-state index contributed by atoms with van der Waals surface area (Å²) in [6, 6.07) is 40.7. The number of nitrogens with one attached hydrogen (secondary N) is 3. The van der Waals surface area contributed by atoms with E-state index < -0.39 is 11.8 Å². The largest absolute Gasteiger partial charge is 0.349 e. The van der Waals surface area contributed by atoms with Gasteiger partial charge < -0.3 is 10.6 Å². The van der Waals surface area contributed by atoms with Crippen LogP contribution in [0.5, 0.6) is 0 Å². The number of hydrogen-bond donors (Lipinski definition) is 3. The molecule has 0 aliphatic heterocycles. The number of carbonyl (C=O) groups excluding carboxylic acids is 4. The zero-order valence-electron chi connectivity index (χ0n) is 49.5. The molecule has 420 valence electrons. The van der Waals surface area contributed by atoms with Gasteiger partial charge in [-0.3, -0.25) is 24.5 Å². The van der Waals surface area contributed by atoms with Gasteiger partial charge >= 0.3 is 0 Å². The first-order chi connectivity index (χ1) is 39.5. The van der Waals surface area contributed by atoms with E-state index in [1.807, 2.05) is 24.3 Å². The Hall–Kier alpha value is -7.12. The van der Waals surface area contributed by atoms with E-state index in [1.54, 1.807) is 12.1 Å². The van der Waals surface area contributed by atoms with E-state index in [1.165, 1.54) is 0 Å². The van der Waals surface area contributed by atoms with Gasteiger partial charge in [0, 0.05) is 45.1 Å². The number of hydrogen-bond acceptors (Lipinski definition) is 4. The highest BCUT2D eigenvalue weighted by molar-refractivity contribution is 6.39. The normalized spacial score (nSPS) is 12.4. The number of fused-ring (bicyclic) bond motifs is 4. The van der Waals surface area contributed by atoms with Crippen LogP contribution in [-0.4, -0.2) is 35.7 Å². The molecule has 10 rings (SSSR count). The van der Waals surface area contributed by atoms with Gasteiger partial charge in [0.2, 0.25) is 0 Å². The van der Waals surface area contributed by atoms with Crippen LogP contribution in [0.2, 0.25) is 0 Å². The summed E-state index contributed by atoms with van der Waals surface area (Å²) in [5, 5.41) is 25.3. The molecular formula is C74H85N3O4. The van der Waals surface area contributed by atoms with Gasteiger partial charge in [0.25, 0.3) is 23.6 Å². The third-order valence-corrected chi connectivity index (χ3v) is 18.4. The Labute approximate surface area is 480 Å². The molecular weight excluding hydrogens is 995 g/mol. The lowest BCUT2D eigenvalue weighted by molar-refractivity contribution is 0.0849. The molecule has 10 aromatic carbocycles. The van der Waals surface area contributed by atoms with Crippen molar-refractivity contribution in [1.82, 2.24) is 16.0 Å². The van der Waals surface area contributed by atoms with Crippen LogP contribution in [0, 0.1) is 23.7 Å². The second-order valence-electron chi connectivity index (χ2n) is 23.7. The van der Waals surface area contributed by atoms with Crippen molar-refractivity contribution >= 4 is 110 Å². The lowest BCUT2D eigenvalue weighted by atomic mass is 9.78. The standard InChI is InChI=1S/C74H85N3O4/c1-9-21-47(22-10-2)69(48(23-11-3)24-12-4)75-71(78)59-41-37-55-51-33-17-29-45-31-19-35-53(63(45)51)57-39-43-61(67(59)65(55)57)73(80)77-74(81)62-44-40-58-54-36-20-32-46-30-18-34-52(64(46)54)56-38-42-60(68(62)66(56)58)72(79)76-70(49(25-13-5)26-14-6)50(27-15-7)28-16-8/h17-20,29-44,47-50,69-70H,9-16,21-28H2,1-8H3,(H,75,78)(H,76,79)(H,77,80,81). The fourth-order valence-electron chi connectivity index (χ4n) is 15.1. The molecule has 0 saturated heterocycles. The molecule has 0 radical (unpaired) electrons. The minimum absolute atomic E-state index is 0.0431. The number of rotatable bonds is 26. The van der Waals surface area contributed by atoms with Gasteiger partial charge in [0.15, 0.2) is 0 Å². The molecule has 7 nitrogen and oxygen atoms in total. The summed E-state index contributed by atoms with van der Waals surface area (Å²) in [5.41, 5.74) is 1.32. The quantitative estimate of drug-likeness (QED) is 0.0285. The molecule has 10 aromatic rings. The van der Waals surface area contributed by atoms with Crippen molar-refractivity contribution in [2.45, 2.75) is 170 Å². The summed E-state index contributed by atoms with van der Waals surface area (Å²) in [6.45, 7) is 17.9. The molecule has 0 atom stereocenters.